The smallest absolute Gasteiger partial charge is 0.326 e. The Balaban J connectivity index is 1.56. The lowest BCUT2D eigenvalue weighted by molar-refractivity contribution is -0.145. The monoisotopic (exact) mass is 274 g/mol. The average molecular weight is 274 g/mol. The number of hydrogen-bond donors (Lipinski definition) is 1. The van der Waals surface area contributed by atoms with E-state index in [0.29, 0.717) is 25.5 Å². The molecule has 0 radical (unpaired) electrons. The molecular formula is C15H18N2O3. The fourth-order valence-electron chi connectivity index (χ4n) is 2.48. The van der Waals surface area contributed by atoms with Crippen molar-refractivity contribution in [3.8, 4) is 0 Å². The van der Waals surface area contributed by atoms with Crippen molar-refractivity contribution in [3.05, 3.63) is 34.7 Å². The molecule has 2 aromatic rings. The number of H-pyrrole nitrogens is 1. The maximum Gasteiger partial charge on any atom is 0.326 e. The molecule has 1 aliphatic carbocycles. The number of esters is 1. The van der Waals surface area contributed by atoms with Crippen LogP contribution in [0.5, 0.6) is 0 Å². The zero-order chi connectivity index (χ0) is 14.1. The molecule has 3 rings (SSSR count). The molecule has 20 heavy (non-hydrogen) atoms. The van der Waals surface area contributed by atoms with Crippen LogP contribution >= 0.6 is 0 Å². The van der Waals surface area contributed by atoms with Crippen molar-refractivity contribution in [1.29, 1.82) is 0 Å². The van der Waals surface area contributed by atoms with Crippen LogP contribution in [-0.2, 0) is 16.1 Å². The van der Waals surface area contributed by atoms with Gasteiger partial charge in [-0.1, -0.05) is 19.1 Å². The number of carbonyl (C=O) groups is 1. The Morgan fingerprint density at radius 1 is 1.45 bits per heavy atom. The van der Waals surface area contributed by atoms with Gasteiger partial charge in [-0.05, 0) is 30.9 Å². The van der Waals surface area contributed by atoms with Crippen molar-refractivity contribution in [2.24, 2.45) is 11.8 Å². The lowest BCUT2D eigenvalue weighted by Crippen LogP contribution is -2.18. The molecule has 0 amide bonds. The van der Waals surface area contributed by atoms with E-state index in [4.69, 9.17) is 4.74 Å². The number of aryl methyl sites for hydroxylation is 1. The van der Waals surface area contributed by atoms with Gasteiger partial charge in [-0.25, -0.2) is 4.79 Å². The summed E-state index contributed by atoms with van der Waals surface area (Å²) in [6, 6.07) is 7.58. The van der Waals surface area contributed by atoms with Crippen molar-refractivity contribution in [3.63, 3.8) is 0 Å². The Morgan fingerprint density at radius 2 is 2.20 bits per heavy atom. The number of aromatic nitrogens is 2. The molecular weight excluding hydrogens is 256 g/mol. The number of ether oxygens (including phenoxy) is 1. The van der Waals surface area contributed by atoms with Crippen molar-refractivity contribution in [2.75, 3.05) is 6.61 Å². The Hall–Kier alpha value is -2.04. The molecule has 5 nitrogen and oxygen atoms in total. The third kappa shape index (κ3) is 2.48. The second kappa shape index (κ2) is 5.15. The van der Waals surface area contributed by atoms with E-state index in [-0.39, 0.29) is 17.6 Å². The van der Waals surface area contributed by atoms with E-state index in [9.17, 15) is 9.59 Å². The van der Waals surface area contributed by atoms with Crippen LogP contribution in [0.3, 0.4) is 0 Å². The van der Waals surface area contributed by atoms with E-state index >= 15 is 0 Å². The minimum atomic E-state index is -0.117. The third-order valence-corrected chi connectivity index (χ3v) is 3.86. The number of fused-ring (bicyclic) bond motifs is 1. The minimum absolute atomic E-state index is 0.0937. The van der Waals surface area contributed by atoms with E-state index in [1.54, 1.807) is 4.57 Å². The Kier molecular flexibility index (Phi) is 3.34. The number of nitrogens with zero attached hydrogens (tertiary/aromatic N) is 1. The Bertz CT molecular complexity index is 686. The summed E-state index contributed by atoms with van der Waals surface area (Å²) in [4.78, 5) is 26.2. The average Bonchev–Trinajstić information content (AvgIpc) is 3.08. The molecule has 1 aromatic heterocycles. The molecule has 0 spiro atoms. The van der Waals surface area contributed by atoms with Crippen LogP contribution in [0.15, 0.2) is 29.1 Å². The SMILES string of the molecule is CC1CC1C(=O)OCCCn1c(=O)[nH]c2ccccc21. The number of aromatic amines is 1. The predicted octanol–water partition coefficient (Wildman–Crippen LogP) is 1.92. The standard InChI is InChI=1S/C15H18N2O3/c1-10-9-11(10)14(18)20-8-4-7-17-13-6-3-2-5-12(13)16-15(17)19/h2-3,5-6,10-11H,4,7-9H2,1H3,(H,16,19). The number of para-hydroxylation sites is 2. The highest BCUT2D eigenvalue weighted by Crippen LogP contribution is 2.38. The van der Waals surface area contributed by atoms with Crippen LogP contribution < -0.4 is 5.69 Å². The molecule has 1 saturated carbocycles. The second-order valence-corrected chi connectivity index (χ2v) is 5.44. The van der Waals surface area contributed by atoms with Gasteiger partial charge in [-0.2, -0.15) is 0 Å². The van der Waals surface area contributed by atoms with Gasteiger partial charge in [0.2, 0.25) is 0 Å². The summed E-state index contributed by atoms with van der Waals surface area (Å²) in [6.45, 7) is 2.97. The first-order chi connectivity index (χ1) is 9.66. The molecule has 1 aromatic carbocycles. The summed E-state index contributed by atoms with van der Waals surface area (Å²) >= 11 is 0. The summed E-state index contributed by atoms with van der Waals surface area (Å²) in [5.74, 6) is 0.480. The van der Waals surface area contributed by atoms with E-state index < -0.39 is 0 Å². The van der Waals surface area contributed by atoms with Gasteiger partial charge in [0.15, 0.2) is 0 Å². The van der Waals surface area contributed by atoms with Crippen LogP contribution in [0.1, 0.15) is 19.8 Å². The molecule has 2 unspecified atom stereocenters. The highest BCUT2D eigenvalue weighted by molar-refractivity contribution is 5.75. The third-order valence-electron chi connectivity index (χ3n) is 3.86. The number of rotatable bonds is 5. The van der Waals surface area contributed by atoms with Crippen molar-refractivity contribution in [1.82, 2.24) is 9.55 Å². The van der Waals surface area contributed by atoms with Gasteiger partial charge < -0.3 is 9.72 Å². The molecule has 5 heteroatoms. The zero-order valence-corrected chi connectivity index (χ0v) is 11.5. The summed E-state index contributed by atoms with van der Waals surface area (Å²) in [5.41, 5.74) is 1.61. The van der Waals surface area contributed by atoms with E-state index in [2.05, 4.69) is 11.9 Å². The maximum atomic E-state index is 11.8. The number of nitrogens with one attached hydrogen (secondary N) is 1. The van der Waals surface area contributed by atoms with E-state index in [1.165, 1.54) is 0 Å². The van der Waals surface area contributed by atoms with Crippen molar-refractivity contribution < 1.29 is 9.53 Å². The minimum Gasteiger partial charge on any atom is -0.465 e. The van der Waals surface area contributed by atoms with Crippen molar-refractivity contribution >= 4 is 17.0 Å². The van der Waals surface area contributed by atoms with Gasteiger partial charge in [-0.15, -0.1) is 0 Å². The Labute approximate surface area is 116 Å². The molecule has 0 aliphatic heterocycles. The summed E-state index contributed by atoms with van der Waals surface area (Å²) in [7, 11) is 0. The molecule has 1 N–H and O–H groups in total. The molecule has 1 heterocycles. The lowest BCUT2D eigenvalue weighted by atomic mass is 10.3. The van der Waals surface area contributed by atoms with Crippen LogP contribution in [0.25, 0.3) is 11.0 Å². The molecule has 1 fully saturated rings. The van der Waals surface area contributed by atoms with Crippen LogP contribution in [0, 0.1) is 11.8 Å². The molecule has 106 valence electrons. The fraction of sp³-hybridized carbons (Fsp3) is 0.467. The lowest BCUT2D eigenvalue weighted by Gasteiger charge is -2.05. The molecule has 0 saturated heterocycles. The predicted molar refractivity (Wildman–Crippen MR) is 75.4 cm³/mol. The highest BCUT2D eigenvalue weighted by Gasteiger charge is 2.40. The first-order valence-corrected chi connectivity index (χ1v) is 7.01. The normalized spacial score (nSPS) is 21.1. The summed E-state index contributed by atoms with van der Waals surface area (Å²) < 4.78 is 6.91. The highest BCUT2D eigenvalue weighted by atomic mass is 16.5. The fourth-order valence-corrected chi connectivity index (χ4v) is 2.48. The summed E-state index contributed by atoms with van der Waals surface area (Å²) in [5, 5.41) is 0. The van der Waals surface area contributed by atoms with Gasteiger partial charge in [0.25, 0.3) is 0 Å². The first-order valence-electron chi connectivity index (χ1n) is 7.01. The number of imidazole rings is 1. The second-order valence-electron chi connectivity index (χ2n) is 5.44. The number of benzene rings is 1. The topological polar surface area (TPSA) is 64.1 Å². The largest absolute Gasteiger partial charge is 0.465 e. The quantitative estimate of drug-likeness (QED) is 0.669. The number of carbonyl (C=O) groups excluding carboxylic acids is 1. The molecule has 1 aliphatic rings. The van der Waals surface area contributed by atoms with Crippen molar-refractivity contribution in [2.45, 2.75) is 26.3 Å². The van der Waals surface area contributed by atoms with Gasteiger partial charge in [0.05, 0.1) is 23.6 Å². The Morgan fingerprint density at radius 3 is 2.95 bits per heavy atom. The molecule has 2 atom stereocenters. The first kappa shape index (κ1) is 13.0. The number of hydrogen-bond acceptors (Lipinski definition) is 3. The van der Waals surface area contributed by atoms with Gasteiger partial charge in [0.1, 0.15) is 0 Å². The maximum absolute atomic E-state index is 11.8. The van der Waals surface area contributed by atoms with E-state index in [0.717, 1.165) is 17.5 Å². The summed E-state index contributed by atoms with van der Waals surface area (Å²) in [6.07, 6.45) is 1.59. The van der Waals surface area contributed by atoms with E-state index in [1.807, 2.05) is 24.3 Å². The zero-order valence-electron chi connectivity index (χ0n) is 11.5. The van der Waals surface area contributed by atoms with Gasteiger partial charge >= 0.3 is 11.7 Å². The van der Waals surface area contributed by atoms with Crippen LogP contribution in [0.2, 0.25) is 0 Å². The van der Waals surface area contributed by atoms with Crippen LogP contribution in [0.4, 0.5) is 0 Å². The van der Waals surface area contributed by atoms with Gasteiger partial charge in [-0.3, -0.25) is 9.36 Å². The molecule has 0 bridgehead atoms. The van der Waals surface area contributed by atoms with Crippen LogP contribution in [-0.4, -0.2) is 22.1 Å². The van der Waals surface area contributed by atoms with Gasteiger partial charge in [0, 0.05) is 6.54 Å².